The van der Waals surface area contributed by atoms with Crippen molar-refractivity contribution in [3.63, 3.8) is 0 Å². The number of nitrogens with zero attached hydrogens (tertiary/aromatic N) is 2. The number of pyridine rings is 1. The number of sulfonamides is 1. The summed E-state index contributed by atoms with van der Waals surface area (Å²) in [5, 5.41) is 11.7. The molecule has 0 unspecified atom stereocenters. The third kappa shape index (κ3) is 7.18. The molecular formula is C17H26N6O2S. The van der Waals surface area contributed by atoms with Crippen molar-refractivity contribution in [3.05, 3.63) is 60.4 Å². The Morgan fingerprint density at radius 1 is 1.50 bits per heavy atom. The van der Waals surface area contributed by atoms with Crippen molar-refractivity contribution in [3.8, 4) is 0 Å². The summed E-state index contributed by atoms with van der Waals surface area (Å²) in [5.41, 5.74) is 6.38. The van der Waals surface area contributed by atoms with Crippen LogP contribution in [0.15, 0.2) is 54.9 Å². The van der Waals surface area contributed by atoms with E-state index in [0.29, 0.717) is 18.7 Å². The minimum atomic E-state index is -3.59. The van der Waals surface area contributed by atoms with Gasteiger partial charge in [0.2, 0.25) is 10.0 Å². The molecule has 9 heteroatoms. The van der Waals surface area contributed by atoms with E-state index >= 15 is 0 Å². The number of allylic oxidation sites excluding steroid dienone is 1. The number of likely N-dealkylation sites (N-methyl/N-ethyl adjacent to an activating group) is 1. The van der Waals surface area contributed by atoms with Crippen LogP contribution in [0, 0.1) is 5.41 Å². The first-order valence-corrected chi connectivity index (χ1v) is 9.60. The average molecular weight is 379 g/mol. The van der Waals surface area contributed by atoms with Crippen LogP contribution in [0.3, 0.4) is 0 Å². The molecule has 26 heavy (non-hydrogen) atoms. The molecule has 1 aromatic rings. The number of hydrogen-bond acceptors (Lipinski definition) is 7. The van der Waals surface area contributed by atoms with Crippen LogP contribution in [0.1, 0.15) is 12.5 Å². The standard InChI is InChI=1S/C17H26N6O2S/c1-4-11-23(5-2)12-9-22-26(24,25)13-10-20-14(3)16(18)15-7-6-8-21-17(15)19/h4,6-8,10,13,18,20,22H,1,3,5,9,11-12H2,2H3,(H2,19,21)/b13-10+,18-16?. The lowest BCUT2D eigenvalue weighted by molar-refractivity contribution is 0.324. The Hall–Kier alpha value is -2.49. The van der Waals surface area contributed by atoms with Gasteiger partial charge in [-0.15, -0.1) is 6.58 Å². The molecule has 0 amide bonds. The van der Waals surface area contributed by atoms with E-state index in [9.17, 15) is 8.42 Å². The summed E-state index contributed by atoms with van der Waals surface area (Å²) in [6.45, 7) is 11.8. The summed E-state index contributed by atoms with van der Waals surface area (Å²) in [7, 11) is -3.59. The summed E-state index contributed by atoms with van der Waals surface area (Å²) in [6, 6.07) is 3.30. The quantitative estimate of drug-likeness (QED) is 0.318. The molecule has 0 saturated carbocycles. The zero-order valence-corrected chi connectivity index (χ0v) is 15.7. The van der Waals surface area contributed by atoms with E-state index in [-0.39, 0.29) is 23.8 Å². The van der Waals surface area contributed by atoms with Gasteiger partial charge in [-0.3, -0.25) is 10.3 Å². The maximum atomic E-state index is 11.9. The minimum absolute atomic E-state index is 0.0358. The van der Waals surface area contributed by atoms with Crippen molar-refractivity contribution in [2.24, 2.45) is 0 Å². The first kappa shape index (κ1) is 21.6. The zero-order chi connectivity index (χ0) is 19.6. The van der Waals surface area contributed by atoms with Gasteiger partial charge in [0.05, 0.1) is 16.8 Å². The fourth-order valence-electron chi connectivity index (χ4n) is 2.04. The first-order chi connectivity index (χ1) is 12.3. The lowest BCUT2D eigenvalue weighted by atomic mass is 10.1. The van der Waals surface area contributed by atoms with Crippen LogP contribution in [0.25, 0.3) is 0 Å². The average Bonchev–Trinajstić information content (AvgIpc) is 2.60. The molecule has 1 heterocycles. The molecule has 0 aliphatic rings. The molecule has 1 aromatic heterocycles. The van der Waals surface area contributed by atoms with Crippen LogP contribution in [0.5, 0.6) is 0 Å². The maximum Gasteiger partial charge on any atom is 0.235 e. The molecule has 1 rings (SSSR count). The fourth-order valence-corrected chi connectivity index (χ4v) is 2.76. The summed E-state index contributed by atoms with van der Waals surface area (Å²) in [4.78, 5) is 5.96. The minimum Gasteiger partial charge on any atom is -0.383 e. The Morgan fingerprint density at radius 2 is 2.23 bits per heavy atom. The second-order valence-electron chi connectivity index (χ2n) is 5.36. The van der Waals surface area contributed by atoms with Gasteiger partial charge in [0.25, 0.3) is 0 Å². The topological polar surface area (TPSA) is 124 Å². The fraction of sp³-hybridized carbons (Fsp3) is 0.294. The van der Waals surface area contributed by atoms with Crippen molar-refractivity contribution in [2.45, 2.75) is 6.92 Å². The number of hydrogen-bond donors (Lipinski definition) is 4. The van der Waals surface area contributed by atoms with E-state index in [2.05, 4.69) is 33.1 Å². The van der Waals surface area contributed by atoms with Gasteiger partial charge in [0.1, 0.15) is 5.82 Å². The molecule has 0 saturated heterocycles. The van der Waals surface area contributed by atoms with Gasteiger partial charge in [-0.1, -0.05) is 19.6 Å². The summed E-state index contributed by atoms with van der Waals surface area (Å²) in [5.74, 6) is 0.207. The normalized spacial score (nSPS) is 11.6. The molecule has 0 aliphatic heterocycles. The molecule has 0 radical (unpaired) electrons. The van der Waals surface area contributed by atoms with E-state index in [0.717, 1.165) is 12.0 Å². The predicted molar refractivity (Wildman–Crippen MR) is 106 cm³/mol. The van der Waals surface area contributed by atoms with Crippen LogP contribution in [0.2, 0.25) is 0 Å². The summed E-state index contributed by atoms with van der Waals surface area (Å²) < 4.78 is 26.4. The number of nitrogen functional groups attached to an aromatic ring is 1. The Morgan fingerprint density at radius 3 is 2.85 bits per heavy atom. The smallest absolute Gasteiger partial charge is 0.235 e. The van der Waals surface area contributed by atoms with Crippen molar-refractivity contribution < 1.29 is 8.42 Å². The number of anilines is 1. The van der Waals surface area contributed by atoms with Crippen LogP contribution >= 0.6 is 0 Å². The number of rotatable bonds is 12. The highest BCUT2D eigenvalue weighted by Crippen LogP contribution is 2.10. The lowest BCUT2D eigenvalue weighted by Gasteiger charge is -2.17. The zero-order valence-electron chi connectivity index (χ0n) is 14.9. The van der Waals surface area contributed by atoms with E-state index in [1.54, 1.807) is 18.2 Å². The number of aromatic nitrogens is 1. The van der Waals surface area contributed by atoms with Crippen LogP contribution in [0.4, 0.5) is 5.82 Å². The van der Waals surface area contributed by atoms with Crippen molar-refractivity contribution in [1.29, 1.82) is 5.41 Å². The highest BCUT2D eigenvalue weighted by atomic mass is 32.2. The van der Waals surface area contributed by atoms with E-state index < -0.39 is 10.0 Å². The third-order valence-corrected chi connectivity index (χ3v) is 4.58. The molecule has 0 spiro atoms. The Labute approximate surface area is 155 Å². The van der Waals surface area contributed by atoms with E-state index in [1.807, 2.05) is 6.92 Å². The second kappa shape index (κ2) is 10.5. The summed E-state index contributed by atoms with van der Waals surface area (Å²) >= 11 is 0. The van der Waals surface area contributed by atoms with Gasteiger partial charge in [-0.2, -0.15) is 0 Å². The Kier molecular flexibility index (Phi) is 8.70. The van der Waals surface area contributed by atoms with Crippen molar-refractivity contribution in [2.75, 3.05) is 31.9 Å². The highest BCUT2D eigenvalue weighted by Gasteiger charge is 2.10. The Bertz CT molecular complexity index is 773. The van der Waals surface area contributed by atoms with E-state index in [1.165, 1.54) is 12.4 Å². The van der Waals surface area contributed by atoms with Gasteiger partial charge in [-0.05, 0) is 18.7 Å². The highest BCUT2D eigenvalue weighted by molar-refractivity contribution is 7.92. The third-order valence-electron chi connectivity index (χ3n) is 3.48. The number of nitrogens with one attached hydrogen (secondary N) is 3. The maximum absolute atomic E-state index is 11.9. The molecule has 0 fully saturated rings. The van der Waals surface area contributed by atoms with Gasteiger partial charge >= 0.3 is 0 Å². The first-order valence-electron chi connectivity index (χ1n) is 8.05. The predicted octanol–water partition coefficient (Wildman–Crippen LogP) is 1.03. The molecule has 0 atom stereocenters. The van der Waals surface area contributed by atoms with Gasteiger partial charge in [0.15, 0.2) is 0 Å². The lowest BCUT2D eigenvalue weighted by Crippen LogP contribution is -2.34. The monoisotopic (exact) mass is 378 g/mol. The second-order valence-corrected chi connectivity index (χ2v) is 7.01. The van der Waals surface area contributed by atoms with Gasteiger partial charge < -0.3 is 11.1 Å². The molecule has 0 aliphatic carbocycles. The molecule has 0 aromatic carbocycles. The Balaban J connectivity index is 2.53. The largest absolute Gasteiger partial charge is 0.383 e. The van der Waals surface area contributed by atoms with Crippen LogP contribution in [-0.4, -0.2) is 50.2 Å². The molecule has 8 nitrogen and oxygen atoms in total. The van der Waals surface area contributed by atoms with Gasteiger partial charge in [-0.25, -0.2) is 18.1 Å². The van der Waals surface area contributed by atoms with Crippen LogP contribution in [-0.2, 0) is 10.0 Å². The van der Waals surface area contributed by atoms with Crippen molar-refractivity contribution in [1.82, 2.24) is 19.9 Å². The molecular weight excluding hydrogens is 352 g/mol. The van der Waals surface area contributed by atoms with Crippen molar-refractivity contribution >= 4 is 21.6 Å². The number of nitrogens with two attached hydrogens (primary N) is 1. The van der Waals surface area contributed by atoms with Gasteiger partial charge in [0, 0.05) is 37.6 Å². The summed E-state index contributed by atoms with van der Waals surface area (Å²) in [6.07, 6.45) is 4.51. The molecule has 5 N–H and O–H groups in total. The SMILES string of the molecule is C=CCN(CC)CCNS(=O)(=O)/C=C/NC(=C)C(=N)c1cccnc1N. The molecule has 142 valence electrons. The molecule has 0 bridgehead atoms. The van der Waals surface area contributed by atoms with Crippen LogP contribution < -0.4 is 15.8 Å². The van der Waals surface area contributed by atoms with E-state index in [4.69, 9.17) is 11.1 Å².